The van der Waals surface area contributed by atoms with Gasteiger partial charge >= 0.3 is 0 Å². The van der Waals surface area contributed by atoms with Gasteiger partial charge < -0.3 is 5.32 Å². The standard InChI is InChI=1S/C26H20FN/c27-23-14-6-13-21-20-11-5-12-22(20)26(28-25(21)23)24-18-9-3-1-7-16(18)15-17-8-2-4-10-19(17)24/h1-11,13-15,20,22,26,28H,12H2/t20?,22?,26-/m0/s1. The van der Waals surface area contributed by atoms with E-state index >= 15 is 0 Å². The fourth-order valence-electron chi connectivity index (χ4n) is 5.25. The van der Waals surface area contributed by atoms with Gasteiger partial charge in [-0.3, -0.25) is 0 Å². The van der Waals surface area contributed by atoms with E-state index in [0.29, 0.717) is 11.6 Å². The van der Waals surface area contributed by atoms with Crippen molar-refractivity contribution in [2.24, 2.45) is 5.92 Å². The Labute approximate surface area is 163 Å². The number of nitrogens with one attached hydrogen (secondary N) is 1. The number of para-hydroxylation sites is 1. The van der Waals surface area contributed by atoms with E-state index in [-0.39, 0.29) is 17.8 Å². The molecule has 4 aromatic carbocycles. The van der Waals surface area contributed by atoms with Gasteiger partial charge in [0.15, 0.2) is 0 Å². The van der Waals surface area contributed by atoms with Crippen LogP contribution in [0.3, 0.4) is 0 Å². The molecule has 3 atom stereocenters. The average molecular weight is 365 g/mol. The summed E-state index contributed by atoms with van der Waals surface area (Å²) in [4.78, 5) is 0. The lowest BCUT2D eigenvalue weighted by Gasteiger charge is -2.38. The Kier molecular flexibility index (Phi) is 3.37. The summed E-state index contributed by atoms with van der Waals surface area (Å²) in [7, 11) is 0. The van der Waals surface area contributed by atoms with Crippen LogP contribution in [0.1, 0.15) is 29.5 Å². The molecule has 1 aliphatic carbocycles. The summed E-state index contributed by atoms with van der Waals surface area (Å²) < 4.78 is 14.8. The molecule has 2 aliphatic rings. The maximum absolute atomic E-state index is 14.8. The van der Waals surface area contributed by atoms with Gasteiger partial charge in [-0.1, -0.05) is 72.8 Å². The van der Waals surface area contributed by atoms with Crippen molar-refractivity contribution < 1.29 is 4.39 Å². The predicted octanol–water partition coefficient (Wildman–Crippen LogP) is 6.96. The van der Waals surface area contributed by atoms with Crippen molar-refractivity contribution in [2.45, 2.75) is 18.4 Å². The van der Waals surface area contributed by atoms with Crippen molar-refractivity contribution in [3.8, 4) is 0 Å². The summed E-state index contributed by atoms with van der Waals surface area (Å²) in [5.41, 5.74) is 3.04. The lowest BCUT2D eigenvalue weighted by atomic mass is 9.75. The molecule has 0 amide bonds. The normalized spacial score (nSPS) is 22.8. The Balaban J connectivity index is 1.66. The van der Waals surface area contributed by atoms with Gasteiger partial charge in [0.1, 0.15) is 5.82 Å². The first kappa shape index (κ1) is 15.9. The molecule has 1 nitrogen and oxygen atoms in total. The van der Waals surface area contributed by atoms with E-state index in [9.17, 15) is 4.39 Å². The van der Waals surface area contributed by atoms with Crippen LogP contribution in [0.4, 0.5) is 10.1 Å². The van der Waals surface area contributed by atoms with Gasteiger partial charge in [0, 0.05) is 5.92 Å². The Bertz CT molecular complexity index is 1200. The first-order valence-electron chi connectivity index (χ1n) is 9.93. The number of hydrogen-bond donors (Lipinski definition) is 1. The number of benzene rings is 4. The smallest absolute Gasteiger partial charge is 0.146 e. The molecule has 0 fully saturated rings. The predicted molar refractivity (Wildman–Crippen MR) is 114 cm³/mol. The maximum Gasteiger partial charge on any atom is 0.146 e. The zero-order valence-electron chi connectivity index (χ0n) is 15.4. The van der Waals surface area contributed by atoms with Crippen molar-refractivity contribution in [1.29, 1.82) is 0 Å². The molecule has 1 aliphatic heterocycles. The molecule has 1 heterocycles. The molecule has 2 unspecified atom stereocenters. The number of allylic oxidation sites excluding steroid dienone is 2. The lowest BCUT2D eigenvalue weighted by molar-refractivity contribution is 0.424. The number of rotatable bonds is 1. The minimum absolute atomic E-state index is 0.0698. The third kappa shape index (κ3) is 2.18. The zero-order chi connectivity index (χ0) is 18.7. The van der Waals surface area contributed by atoms with Crippen LogP contribution in [-0.2, 0) is 0 Å². The number of halogens is 1. The van der Waals surface area contributed by atoms with Crippen molar-refractivity contribution in [1.82, 2.24) is 0 Å². The van der Waals surface area contributed by atoms with Crippen molar-refractivity contribution in [3.05, 3.63) is 102 Å². The quantitative estimate of drug-likeness (QED) is 0.284. The van der Waals surface area contributed by atoms with Crippen LogP contribution in [0, 0.1) is 11.7 Å². The van der Waals surface area contributed by atoms with E-state index in [0.717, 1.165) is 12.0 Å². The van der Waals surface area contributed by atoms with Crippen LogP contribution in [0.15, 0.2) is 84.9 Å². The molecule has 1 N–H and O–H groups in total. The third-order valence-electron chi connectivity index (χ3n) is 6.47. The highest BCUT2D eigenvalue weighted by molar-refractivity contribution is 6.03. The highest BCUT2D eigenvalue weighted by Crippen LogP contribution is 2.52. The first-order chi connectivity index (χ1) is 13.8. The van der Waals surface area contributed by atoms with Crippen LogP contribution in [0.25, 0.3) is 21.5 Å². The molecule has 0 saturated carbocycles. The van der Waals surface area contributed by atoms with Gasteiger partial charge in [0.2, 0.25) is 0 Å². The Morgan fingerprint density at radius 2 is 1.54 bits per heavy atom. The van der Waals surface area contributed by atoms with E-state index < -0.39 is 0 Å². The topological polar surface area (TPSA) is 12.0 Å². The number of fused-ring (bicyclic) bond motifs is 5. The fraction of sp³-hybridized carbons (Fsp3) is 0.154. The maximum atomic E-state index is 14.8. The second-order valence-electron chi connectivity index (χ2n) is 7.91. The van der Waals surface area contributed by atoms with E-state index in [1.165, 1.54) is 27.1 Å². The van der Waals surface area contributed by atoms with E-state index in [1.54, 1.807) is 6.07 Å². The Hall–Kier alpha value is -3.13. The van der Waals surface area contributed by atoms with Crippen molar-refractivity contribution >= 4 is 27.2 Å². The minimum Gasteiger partial charge on any atom is -0.375 e. The van der Waals surface area contributed by atoms with E-state index in [1.807, 2.05) is 6.07 Å². The summed E-state index contributed by atoms with van der Waals surface area (Å²) >= 11 is 0. The summed E-state index contributed by atoms with van der Waals surface area (Å²) in [5, 5.41) is 8.60. The molecular weight excluding hydrogens is 345 g/mol. The molecule has 6 rings (SSSR count). The largest absolute Gasteiger partial charge is 0.375 e. The van der Waals surface area contributed by atoms with E-state index in [4.69, 9.17) is 0 Å². The molecule has 0 bridgehead atoms. The molecule has 2 heteroatoms. The molecule has 0 aromatic heterocycles. The van der Waals surface area contributed by atoms with Crippen LogP contribution in [0.2, 0.25) is 0 Å². The SMILES string of the molecule is Fc1cccc2c1N[C@H](c1c3ccccc3cc3ccccc13)C1CC=CC21. The van der Waals surface area contributed by atoms with Crippen molar-refractivity contribution in [3.63, 3.8) is 0 Å². The average Bonchev–Trinajstić information content (AvgIpc) is 3.22. The van der Waals surface area contributed by atoms with Crippen LogP contribution in [-0.4, -0.2) is 0 Å². The molecule has 0 radical (unpaired) electrons. The van der Waals surface area contributed by atoms with Gasteiger partial charge in [0.05, 0.1) is 11.7 Å². The van der Waals surface area contributed by atoms with Gasteiger partial charge in [-0.2, -0.15) is 0 Å². The van der Waals surface area contributed by atoms with E-state index in [2.05, 4.69) is 78.1 Å². The Morgan fingerprint density at radius 1 is 0.821 bits per heavy atom. The molecule has 0 saturated heterocycles. The summed E-state index contributed by atoms with van der Waals surface area (Å²) in [5.74, 6) is 0.490. The molecule has 0 spiro atoms. The number of anilines is 1. The molecule has 28 heavy (non-hydrogen) atoms. The van der Waals surface area contributed by atoms with Gasteiger partial charge in [-0.05, 0) is 57.1 Å². The molecule has 4 aromatic rings. The van der Waals surface area contributed by atoms with Crippen LogP contribution >= 0.6 is 0 Å². The van der Waals surface area contributed by atoms with Crippen molar-refractivity contribution in [2.75, 3.05) is 5.32 Å². The highest BCUT2D eigenvalue weighted by Gasteiger charge is 2.39. The van der Waals surface area contributed by atoms with Gasteiger partial charge in [-0.25, -0.2) is 4.39 Å². The highest BCUT2D eigenvalue weighted by atomic mass is 19.1. The summed E-state index contributed by atoms with van der Waals surface area (Å²) in [6.07, 6.45) is 5.54. The minimum atomic E-state index is -0.161. The first-order valence-corrected chi connectivity index (χ1v) is 9.93. The monoisotopic (exact) mass is 365 g/mol. The van der Waals surface area contributed by atoms with Crippen LogP contribution < -0.4 is 5.32 Å². The lowest BCUT2D eigenvalue weighted by Crippen LogP contribution is -2.30. The van der Waals surface area contributed by atoms with Gasteiger partial charge in [-0.15, -0.1) is 0 Å². The second kappa shape index (κ2) is 5.93. The zero-order valence-corrected chi connectivity index (χ0v) is 15.4. The Morgan fingerprint density at radius 3 is 2.29 bits per heavy atom. The van der Waals surface area contributed by atoms with Crippen LogP contribution in [0.5, 0.6) is 0 Å². The summed E-state index contributed by atoms with van der Waals surface area (Å²) in [6.45, 7) is 0. The fourth-order valence-corrected chi connectivity index (χ4v) is 5.25. The summed E-state index contributed by atoms with van der Waals surface area (Å²) in [6, 6.07) is 24.9. The molecular formula is C26H20FN. The molecule has 136 valence electrons. The van der Waals surface area contributed by atoms with Gasteiger partial charge in [0.25, 0.3) is 0 Å². The second-order valence-corrected chi connectivity index (χ2v) is 7.91. The number of hydrogen-bond acceptors (Lipinski definition) is 1. The third-order valence-corrected chi connectivity index (χ3v) is 6.47.